The molecular weight excluding hydrogens is 590 g/mol. The zero-order valence-corrected chi connectivity index (χ0v) is 27.7. The summed E-state index contributed by atoms with van der Waals surface area (Å²) in [5, 5.41) is 9.84. The Morgan fingerprint density at radius 3 is 2.51 bits per heavy atom. The molecule has 0 unspecified atom stereocenters. The van der Waals surface area contributed by atoms with Crippen LogP contribution in [-0.2, 0) is 31.3 Å². The smallest absolute Gasteiger partial charge is 0.264 e. The van der Waals surface area contributed by atoms with Crippen molar-refractivity contribution in [3.63, 3.8) is 0 Å². The van der Waals surface area contributed by atoms with Gasteiger partial charge in [-0.05, 0) is 74.7 Å². The second-order valence-electron chi connectivity index (χ2n) is 13.6. The Balaban J connectivity index is 1.33. The molecule has 0 aromatic heterocycles. The number of rotatable bonds is 8. The molecule has 242 valence electrons. The van der Waals surface area contributed by atoms with E-state index in [-0.39, 0.29) is 42.3 Å². The van der Waals surface area contributed by atoms with E-state index in [1.807, 2.05) is 67.4 Å². The predicted octanol–water partition coefficient (Wildman–Crippen LogP) is 3.93. The fourth-order valence-electron chi connectivity index (χ4n) is 8.23. The van der Waals surface area contributed by atoms with E-state index in [0.717, 1.165) is 36.9 Å². The monoisotopic (exact) mass is 635 g/mol. The van der Waals surface area contributed by atoms with Crippen molar-refractivity contribution in [1.29, 1.82) is 0 Å². The molecule has 11 heteroatoms. The van der Waals surface area contributed by atoms with Crippen molar-refractivity contribution >= 4 is 37.4 Å². The summed E-state index contributed by atoms with van der Waals surface area (Å²) in [5.41, 5.74) is 1.38. The number of piperidine rings is 1. The SMILES string of the molecule is COc1ccc2c(c1)[C@@]1(O[C@H](CC(=O)N3CCC[C@H]3CO)[C@@H]([Si](C)(C)O)[C@@H]1C)C(=O)N2Cc1ccc(N2CCCCC2=O)cc1. The standard InChI is InChI=1S/C34H45N3O7Si/c1-22-32(45(3,4)42)29(19-31(40)36-17-7-8-25(36)21-38)44-34(22)27-18-26(43-2)14-15-28(27)37(33(34)41)20-23-10-12-24(13-11-23)35-16-6-5-9-30(35)39/h10-15,18,22,25,29,32,38,42H,5-9,16-17,19-21H2,1-4H3/t22-,25-,29+,32-,34+/m0/s1. The lowest BCUT2D eigenvalue weighted by molar-refractivity contribution is -0.150. The van der Waals surface area contributed by atoms with E-state index in [0.29, 0.717) is 43.1 Å². The van der Waals surface area contributed by atoms with Gasteiger partial charge in [0.1, 0.15) is 5.75 Å². The van der Waals surface area contributed by atoms with Gasteiger partial charge in [0.25, 0.3) is 5.91 Å². The van der Waals surface area contributed by atoms with Crippen LogP contribution < -0.4 is 14.5 Å². The number of fused-ring (bicyclic) bond motifs is 2. The molecule has 0 aliphatic carbocycles. The molecule has 2 N–H and O–H groups in total. The average molecular weight is 636 g/mol. The van der Waals surface area contributed by atoms with Crippen LogP contribution in [0.1, 0.15) is 56.6 Å². The Kier molecular flexibility index (Phi) is 8.57. The van der Waals surface area contributed by atoms with E-state index >= 15 is 0 Å². The number of benzene rings is 2. The highest BCUT2D eigenvalue weighted by Gasteiger charge is 2.66. The lowest BCUT2D eigenvalue weighted by Gasteiger charge is -2.33. The molecule has 0 bridgehead atoms. The number of hydrogen-bond donors (Lipinski definition) is 2. The number of carbonyl (C=O) groups excluding carboxylic acids is 3. The van der Waals surface area contributed by atoms with Crippen LogP contribution in [0.4, 0.5) is 11.4 Å². The molecule has 1 spiro atoms. The Morgan fingerprint density at radius 1 is 1.09 bits per heavy atom. The van der Waals surface area contributed by atoms with Crippen molar-refractivity contribution in [2.75, 3.05) is 36.6 Å². The molecule has 45 heavy (non-hydrogen) atoms. The summed E-state index contributed by atoms with van der Waals surface area (Å²) in [6, 6.07) is 13.1. The number of nitrogens with zero attached hydrogens (tertiary/aromatic N) is 3. The molecule has 5 atom stereocenters. The number of methoxy groups -OCH3 is 1. The molecule has 4 aliphatic rings. The molecule has 0 saturated carbocycles. The van der Waals surface area contributed by atoms with Gasteiger partial charge in [-0.25, -0.2) is 0 Å². The van der Waals surface area contributed by atoms with Crippen LogP contribution in [0, 0.1) is 5.92 Å². The molecule has 6 rings (SSSR count). The molecule has 4 heterocycles. The zero-order valence-electron chi connectivity index (χ0n) is 26.7. The minimum atomic E-state index is -2.95. The first-order valence-electron chi connectivity index (χ1n) is 16.2. The van der Waals surface area contributed by atoms with Crippen LogP contribution in [0.3, 0.4) is 0 Å². The van der Waals surface area contributed by atoms with E-state index in [1.54, 1.807) is 16.9 Å². The van der Waals surface area contributed by atoms with Crippen LogP contribution in [-0.4, -0.2) is 79.8 Å². The fraction of sp³-hybridized carbons (Fsp3) is 0.559. The normalized spacial score (nSPS) is 28.4. The number of aliphatic hydroxyl groups excluding tert-OH is 1. The third-order valence-electron chi connectivity index (χ3n) is 10.4. The number of anilines is 2. The lowest BCUT2D eigenvalue weighted by Crippen LogP contribution is -2.46. The average Bonchev–Trinajstić information content (AvgIpc) is 3.68. The van der Waals surface area contributed by atoms with Gasteiger partial charge in [0.2, 0.25) is 11.8 Å². The van der Waals surface area contributed by atoms with E-state index in [9.17, 15) is 24.3 Å². The number of amides is 3. The van der Waals surface area contributed by atoms with Gasteiger partial charge in [-0.1, -0.05) is 19.1 Å². The second kappa shape index (κ2) is 12.2. The third kappa shape index (κ3) is 5.47. The summed E-state index contributed by atoms with van der Waals surface area (Å²) in [5.74, 6) is -0.0281. The van der Waals surface area contributed by atoms with Gasteiger partial charge in [0.15, 0.2) is 13.9 Å². The molecule has 4 aliphatic heterocycles. The van der Waals surface area contributed by atoms with Crippen molar-refractivity contribution in [2.45, 2.75) is 88.4 Å². The van der Waals surface area contributed by atoms with Crippen molar-refractivity contribution in [3.8, 4) is 5.75 Å². The summed E-state index contributed by atoms with van der Waals surface area (Å²) in [6.45, 7) is 7.16. The van der Waals surface area contributed by atoms with Crippen molar-refractivity contribution in [1.82, 2.24) is 4.90 Å². The van der Waals surface area contributed by atoms with Crippen LogP contribution in [0.5, 0.6) is 5.75 Å². The molecular formula is C34H45N3O7Si. The van der Waals surface area contributed by atoms with Gasteiger partial charge in [0, 0.05) is 42.2 Å². The Hall–Kier alpha value is -3.25. The molecule has 3 saturated heterocycles. The van der Waals surface area contributed by atoms with E-state index in [4.69, 9.17) is 9.47 Å². The molecule has 3 amide bonds. The van der Waals surface area contributed by atoms with Gasteiger partial charge in [0.05, 0.1) is 44.5 Å². The third-order valence-corrected chi connectivity index (χ3v) is 12.9. The maximum absolute atomic E-state index is 14.7. The number of hydrogen-bond acceptors (Lipinski definition) is 7. The van der Waals surface area contributed by atoms with Gasteiger partial charge in [-0.3, -0.25) is 14.4 Å². The van der Waals surface area contributed by atoms with E-state index in [1.165, 1.54) is 0 Å². The van der Waals surface area contributed by atoms with Crippen LogP contribution in [0.15, 0.2) is 42.5 Å². The summed E-state index contributed by atoms with van der Waals surface area (Å²) < 4.78 is 12.4. The number of aliphatic hydroxyl groups is 1. The maximum atomic E-state index is 14.7. The Morgan fingerprint density at radius 2 is 1.84 bits per heavy atom. The van der Waals surface area contributed by atoms with Crippen molar-refractivity contribution < 1.29 is 33.8 Å². The highest BCUT2D eigenvalue weighted by Crippen LogP contribution is 2.60. The highest BCUT2D eigenvalue weighted by atomic mass is 28.4. The van der Waals surface area contributed by atoms with Gasteiger partial charge in [-0.15, -0.1) is 0 Å². The number of ether oxygens (including phenoxy) is 2. The number of likely N-dealkylation sites (tertiary alicyclic amines) is 1. The lowest BCUT2D eigenvalue weighted by atomic mass is 9.82. The topological polar surface area (TPSA) is 120 Å². The van der Waals surface area contributed by atoms with Crippen LogP contribution in [0.2, 0.25) is 18.6 Å². The summed E-state index contributed by atoms with van der Waals surface area (Å²) in [6.07, 6.45) is 3.43. The van der Waals surface area contributed by atoms with Gasteiger partial charge < -0.3 is 34.1 Å². The fourth-order valence-corrected chi connectivity index (χ4v) is 10.8. The quantitative estimate of drug-likeness (QED) is 0.422. The highest BCUT2D eigenvalue weighted by molar-refractivity contribution is 6.71. The first-order chi connectivity index (χ1) is 21.5. The maximum Gasteiger partial charge on any atom is 0.264 e. The minimum Gasteiger partial charge on any atom is -0.497 e. The largest absolute Gasteiger partial charge is 0.497 e. The minimum absolute atomic E-state index is 0.0352. The van der Waals surface area contributed by atoms with Crippen LogP contribution >= 0.6 is 0 Å². The van der Waals surface area contributed by atoms with E-state index in [2.05, 4.69) is 0 Å². The summed E-state index contributed by atoms with van der Waals surface area (Å²) in [7, 11) is -1.37. The summed E-state index contributed by atoms with van der Waals surface area (Å²) in [4.78, 5) is 57.6. The van der Waals surface area contributed by atoms with Gasteiger partial charge >= 0.3 is 0 Å². The van der Waals surface area contributed by atoms with E-state index < -0.39 is 25.9 Å². The molecule has 0 radical (unpaired) electrons. The first kappa shape index (κ1) is 31.7. The zero-order chi connectivity index (χ0) is 32.1. The second-order valence-corrected chi connectivity index (χ2v) is 17.5. The van der Waals surface area contributed by atoms with Crippen molar-refractivity contribution in [2.24, 2.45) is 5.92 Å². The first-order valence-corrected chi connectivity index (χ1v) is 19.2. The molecule has 2 aromatic carbocycles. The van der Waals surface area contributed by atoms with Crippen molar-refractivity contribution in [3.05, 3.63) is 53.6 Å². The Bertz CT molecular complexity index is 1460. The molecule has 2 aromatic rings. The predicted molar refractivity (Wildman–Crippen MR) is 172 cm³/mol. The van der Waals surface area contributed by atoms with Crippen LogP contribution in [0.25, 0.3) is 0 Å². The molecule has 3 fully saturated rings. The van der Waals surface area contributed by atoms with Gasteiger partial charge in [-0.2, -0.15) is 0 Å². The number of carbonyl (C=O) groups is 3. The Labute approximate surface area is 266 Å². The summed E-state index contributed by atoms with van der Waals surface area (Å²) >= 11 is 0. The molecule has 10 nitrogen and oxygen atoms in total.